The van der Waals surface area contributed by atoms with Gasteiger partial charge in [-0.2, -0.15) is 0 Å². The van der Waals surface area contributed by atoms with Crippen molar-refractivity contribution in [2.45, 2.75) is 26.3 Å². The Bertz CT molecular complexity index is 899. The normalized spacial score (nSPS) is 10.9. The molecule has 2 aromatic carbocycles. The van der Waals surface area contributed by atoms with Gasteiger partial charge >= 0.3 is 0 Å². The lowest BCUT2D eigenvalue weighted by atomic mass is 10.0. The van der Waals surface area contributed by atoms with Crippen LogP contribution in [0.3, 0.4) is 0 Å². The summed E-state index contributed by atoms with van der Waals surface area (Å²) in [5.74, 6) is 0.421. The van der Waals surface area contributed by atoms with Gasteiger partial charge in [0.25, 0.3) is 5.56 Å². The average Bonchev–Trinajstić information content (AvgIpc) is 2.62. The van der Waals surface area contributed by atoms with Gasteiger partial charge in [0.2, 0.25) is 0 Å². The Kier molecular flexibility index (Phi) is 4.93. The summed E-state index contributed by atoms with van der Waals surface area (Å²) < 4.78 is 14.5. The number of nitrogens with one attached hydrogen (secondary N) is 1. The Labute approximate surface area is 146 Å². The number of halogens is 1. The van der Waals surface area contributed by atoms with Crippen LogP contribution in [0.1, 0.15) is 30.9 Å². The van der Waals surface area contributed by atoms with E-state index in [1.165, 1.54) is 17.7 Å². The molecular formula is C20H20FN3O. The van der Waals surface area contributed by atoms with Gasteiger partial charge in [0.1, 0.15) is 5.82 Å². The molecular weight excluding hydrogens is 317 g/mol. The van der Waals surface area contributed by atoms with Crippen molar-refractivity contribution < 1.29 is 4.39 Å². The number of anilines is 1. The quantitative estimate of drug-likeness (QED) is 0.762. The third kappa shape index (κ3) is 3.94. The van der Waals surface area contributed by atoms with Crippen LogP contribution < -0.4 is 10.9 Å². The molecule has 0 saturated carbocycles. The van der Waals surface area contributed by atoms with Crippen LogP contribution in [0, 0.1) is 5.82 Å². The first kappa shape index (κ1) is 16.9. The predicted molar refractivity (Wildman–Crippen MR) is 97.6 cm³/mol. The van der Waals surface area contributed by atoms with Gasteiger partial charge in [-0.05, 0) is 41.3 Å². The van der Waals surface area contributed by atoms with E-state index < -0.39 is 0 Å². The van der Waals surface area contributed by atoms with Gasteiger partial charge in [-0.25, -0.2) is 9.37 Å². The monoisotopic (exact) mass is 337 g/mol. The number of aromatic nitrogens is 2. The predicted octanol–water partition coefficient (Wildman–Crippen LogP) is 4.11. The zero-order chi connectivity index (χ0) is 17.8. The molecule has 0 aliphatic rings. The summed E-state index contributed by atoms with van der Waals surface area (Å²) in [4.78, 5) is 16.8. The standard InChI is InChI=1S/C20H20FN3O/c1-14(2)16-5-9-18(10-6-16)24-12-11-22-19(20(24)25)23-13-15-3-7-17(21)8-4-15/h3-12,14H,13H2,1-2H3,(H,22,23). The highest BCUT2D eigenvalue weighted by Crippen LogP contribution is 2.16. The second kappa shape index (κ2) is 7.30. The van der Waals surface area contributed by atoms with Crippen LogP contribution in [0.2, 0.25) is 0 Å². The van der Waals surface area contributed by atoms with Crippen molar-refractivity contribution in [2.75, 3.05) is 5.32 Å². The molecule has 1 N–H and O–H groups in total. The summed E-state index contributed by atoms with van der Waals surface area (Å²) in [7, 11) is 0. The van der Waals surface area contributed by atoms with Crippen molar-refractivity contribution in [2.24, 2.45) is 0 Å². The average molecular weight is 337 g/mol. The molecule has 0 saturated heterocycles. The molecule has 0 aliphatic heterocycles. The third-order valence-electron chi connectivity index (χ3n) is 4.05. The van der Waals surface area contributed by atoms with Crippen LogP contribution >= 0.6 is 0 Å². The highest BCUT2D eigenvalue weighted by Gasteiger charge is 2.07. The fourth-order valence-electron chi connectivity index (χ4n) is 2.54. The van der Waals surface area contributed by atoms with Crippen LogP contribution in [0.15, 0.2) is 65.7 Å². The molecule has 1 heterocycles. The van der Waals surface area contributed by atoms with Crippen LogP contribution in [0.5, 0.6) is 0 Å². The van der Waals surface area contributed by atoms with E-state index in [-0.39, 0.29) is 17.2 Å². The Balaban J connectivity index is 1.82. The van der Waals surface area contributed by atoms with Gasteiger partial charge < -0.3 is 5.32 Å². The fourth-order valence-corrected chi connectivity index (χ4v) is 2.54. The minimum absolute atomic E-state index is 0.220. The molecule has 0 fully saturated rings. The summed E-state index contributed by atoms with van der Waals surface area (Å²) in [5.41, 5.74) is 2.67. The van der Waals surface area contributed by atoms with Crippen molar-refractivity contribution in [3.63, 3.8) is 0 Å². The first-order valence-corrected chi connectivity index (χ1v) is 8.21. The Morgan fingerprint density at radius 2 is 1.76 bits per heavy atom. The second-order valence-corrected chi connectivity index (χ2v) is 6.18. The minimum Gasteiger partial charge on any atom is -0.361 e. The van der Waals surface area contributed by atoms with Crippen molar-refractivity contribution in [3.8, 4) is 5.69 Å². The van der Waals surface area contributed by atoms with E-state index in [1.54, 1.807) is 29.1 Å². The molecule has 0 radical (unpaired) electrons. The summed E-state index contributed by atoms with van der Waals surface area (Å²) >= 11 is 0. The molecule has 0 spiro atoms. The van der Waals surface area contributed by atoms with Gasteiger partial charge in [-0.3, -0.25) is 9.36 Å². The maximum Gasteiger partial charge on any atom is 0.297 e. The second-order valence-electron chi connectivity index (χ2n) is 6.18. The number of hydrogen-bond donors (Lipinski definition) is 1. The van der Waals surface area contributed by atoms with Crippen LogP contribution in [-0.2, 0) is 6.54 Å². The van der Waals surface area contributed by atoms with E-state index in [2.05, 4.69) is 24.1 Å². The maximum absolute atomic E-state index is 12.9. The zero-order valence-electron chi connectivity index (χ0n) is 14.2. The topological polar surface area (TPSA) is 46.9 Å². The molecule has 0 bridgehead atoms. The van der Waals surface area contributed by atoms with Gasteiger partial charge in [0.05, 0.1) is 0 Å². The largest absolute Gasteiger partial charge is 0.361 e. The van der Waals surface area contributed by atoms with Crippen LogP contribution in [0.25, 0.3) is 5.69 Å². The lowest BCUT2D eigenvalue weighted by Gasteiger charge is -2.11. The molecule has 0 unspecified atom stereocenters. The van der Waals surface area contributed by atoms with Gasteiger partial charge in [-0.1, -0.05) is 38.1 Å². The van der Waals surface area contributed by atoms with Crippen molar-refractivity contribution in [1.82, 2.24) is 9.55 Å². The zero-order valence-corrected chi connectivity index (χ0v) is 14.2. The lowest BCUT2D eigenvalue weighted by Crippen LogP contribution is -2.23. The summed E-state index contributed by atoms with van der Waals surface area (Å²) in [6.07, 6.45) is 3.24. The molecule has 0 aliphatic carbocycles. The molecule has 3 aromatic rings. The first-order chi connectivity index (χ1) is 12.0. The third-order valence-corrected chi connectivity index (χ3v) is 4.05. The maximum atomic E-state index is 12.9. The number of benzene rings is 2. The highest BCUT2D eigenvalue weighted by atomic mass is 19.1. The van der Waals surface area contributed by atoms with E-state index in [0.29, 0.717) is 12.5 Å². The number of rotatable bonds is 5. The first-order valence-electron chi connectivity index (χ1n) is 8.21. The smallest absolute Gasteiger partial charge is 0.297 e. The molecule has 0 atom stereocenters. The van der Waals surface area contributed by atoms with Crippen LogP contribution in [-0.4, -0.2) is 9.55 Å². The van der Waals surface area contributed by atoms with E-state index in [1.807, 2.05) is 24.3 Å². The number of hydrogen-bond acceptors (Lipinski definition) is 3. The molecule has 3 rings (SSSR count). The van der Waals surface area contributed by atoms with E-state index in [9.17, 15) is 9.18 Å². The Hall–Kier alpha value is -2.95. The molecule has 1 aromatic heterocycles. The summed E-state index contributed by atoms with van der Waals surface area (Å²) in [6, 6.07) is 14.1. The molecule has 128 valence electrons. The van der Waals surface area contributed by atoms with E-state index in [0.717, 1.165) is 11.3 Å². The molecule has 25 heavy (non-hydrogen) atoms. The van der Waals surface area contributed by atoms with Crippen LogP contribution in [0.4, 0.5) is 10.2 Å². The number of nitrogens with zero attached hydrogens (tertiary/aromatic N) is 2. The van der Waals surface area contributed by atoms with Gasteiger partial charge in [0, 0.05) is 24.6 Å². The van der Waals surface area contributed by atoms with E-state index >= 15 is 0 Å². The minimum atomic E-state index is -0.284. The van der Waals surface area contributed by atoms with Crippen molar-refractivity contribution in [1.29, 1.82) is 0 Å². The van der Waals surface area contributed by atoms with Crippen molar-refractivity contribution in [3.05, 3.63) is 88.2 Å². The Morgan fingerprint density at radius 3 is 2.40 bits per heavy atom. The Morgan fingerprint density at radius 1 is 1.08 bits per heavy atom. The van der Waals surface area contributed by atoms with Gasteiger partial charge in [0.15, 0.2) is 5.82 Å². The molecule has 4 nitrogen and oxygen atoms in total. The van der Waals surface area contributed by atoms with Gasteiger partial charge in [-0.15, -0.1) is 0 Å². The molecule has 0 amide bonds. The summed E-state index contributed by atoms with van der Waals surface area (Å²) in [6.45, 7) is 4.66. The SMILES string of the molecule is CC(C)c1ccc(-n2ccnc(NCc3ccc(F)cc3)c2=O)cc1. The highest BCUT2D eigenvalue weighted by molar-refractivity contribution is 5.40. The summed E-state index contributed by atoms with van der Waals surface area (Å²) in [5, 5.41) is 3.02. The molecule has 5 heteroatoms. The van der Waals surface area contributed by atoms with E-state index in [4.69, 9.17) is 0 Å². The van der Waals surface area contributed by atoms with Crippen molar-refractivity contribution >= 4 is 5.82 Å². The fraction of sp³-hybridized carbons (Fsp3) is 0.200. The lowest BCUT2D eigenvalue weighted by molar-refractivity contribution is 0.627.